The van der Waals surface area contributed by atoms with Crippen LogP contribution < -0.4 is 10.1 Å². The van der Waals surface area contributed by atoms with Crippen LogP contribution in [0.25, 0.3) is 21.5 Å². The molecular formula is C23H22N6O3S. The van der Waals surface area contributed by atoms with E-state index in [4.69, 9.17) is 9.15 Å². The van der Waals surface area contributed by atoms with Crippen LogP contribution in [-0.4, -0.2) is 38.7 Å². The number of aromatic nitrogens is 4. The van der Waals surface area contributed by atoms with Gasteiger partial charge in [0.05, 0.1) is 41.7 Å². The third-order valence-corrected chi connectivity index (χ3v) is 6.21. The van der Waals surface area contributed by atoms with Crippen LogP contribution in [0.15, 0.2) is 40.9 Å². The standard InChI is InChI=1S/C23H22N6O3S/c1-4-23(2,13-24)27-19(30)10-20-28-29-21(32-20)11-22-26-17-7-5-14(9-18(17)33-22)16-8-6-15(31-3)12-25-16/h5-9,12H,4,10-11H2,1-3H3,(H,27,30). The number of nitriles is 1. The summed E-state index contributed by atoms with van der Waals surface area (Å²) in [6.45, 7) is 3.51. The minimum absolute atomic E-state index is 0.0810. The van der Waals surface area contributed by atoms with Crippen molar-refractivity contribution in [1.82, 2.24) is 25.5 Å². The third-order valence-electron chi connectivity index (χ3n) is 5.19. The van der Waals surface area contributed by atoms with Crippen molar-refractivity contribution in [2.45, 2.75) is 38.6 Å². The Balaban J connectivity index is 1.44. The van der Waals surface area contributed by atoms with E-state index in [9.17, 15) is 10.1 Å². The van der Waals surface area contributed by atoms with Gasteiger partial charge in [0.2, 0.25) is 17.7 Å². The molecule has 3 heterocycles. The van der Waals surface area contributed by atoms with Crippen molar-refractivity contribution in [3.05, 3.63) is 53.3 Å². The molecule has 0 aliphatic heterocycles. The van der Waals surface area contributed by atoms with Crippen LogP contribution in [0.2, 0.25) is 0 Å². The van der Waals surface area contributed by atoms with E-state index in [1.165, 1.54) is 11.3 Å². The first kappa shape index (κ1) is 22.4. The molecule has 0 bridgehead atoms. The SMILES string of the molecule is CCC(C)(C#N)NC(=O)Cc1nnc(Cc2nc3ccc(-c4ccc(OC)cn4)cc3s2)o1. The van der Waals surface area contributed by atoms with Gasteiger partial charge in [-0.3, -0.25) is 9.78 Å². The molecule has 10 heteroatoms. The van der Waals surface area contributed by atoms with Crippen LogP contribution in [0.5, 0.6) is 5.75 Å². The molecule has 168 valence electrons. The summed E-state index contributed by atoms with van der Waals surface area (Å²) in [5.74, 6) is 0.955. The summed E-state index contributed by atoms with van der Waals surface area (Å²) >= 11 is 1.54. The maximum Gasteiger partial charge on any atom is 0.230 e. The van der Waals surface area contributed by atoms with E-state index in [0.29, 0.717) is 24.5 Å². The van der Waals surface area contributed by atoms with Crippen molar-refractivity contribution >= 4 is 27.5 Å². The lowest BCUT2D eigenvalue weighted by Gasteiger charge is -2.20. The number of carbonyl (C=O) groups is 1. The fourth-order valence-corrected chi connectivity index (χ4v) is 4.12. The quantitative estimate of drug-likeness (QED) is 0.420. The smallest absolute Gasteiger partial charge is 0.230 e. The number of fused-ring (bicyclic) bond motifs is 1. The van der Waals surface area contributed by atoms with Crippen molar-refractivity contribution in [2.75, 3.05) is 7.11 Å². The Morgan fingerprint density at radius 2 is 2.09 bits per heavy atom. The van der Waals surface area contributed by atoms with Gasteiger partial charge in [-0.15, -0.1) is 21.5 Å². The van der Waals surface area contributed by atoms with Gasteiger partial charge in [-0.1, -0.05) is 13.0 Å². The summed E-state index contributed by atoms with van der Waals surface area (Å²) in [4.78, 5) is 21.3. The largest absolute Gasteiger partial charge is 0.495 e. The Hall–Kier alpha value is -3.84. The van der Waals surface area contributed by atoms with Gasteiger partial charge >= 0.3 is 0 Å². The molecule has 0 aliphatic carbocycles. The predicted molar refractivity (Wildman–Crippen MR) is 123 cm³/mol. The van der Waals surface area contributed by atoms with Gasteiger partial charge in [0.1, 0.15) is 22.7 Å². The average Bonchev–Trinajstić information content (AvgIpc) is 3.44. The van der Waals surface area contributed by atoms with Gasteiger partial charge in [-0.2, -0.15) is 5.26 Å². The van der Waals surface area contributed by atoms with Crippen LogP contribution in [-0.2, 0) is 17.6 Å². The molecule has 0 saturated carbocycles. The number of methoxy groups -OCH3 is 1. The molecule has 4 aromatic rings. The molecule has 9 nitrogen and oxygen atoms in total. The zero-order valence-corrected chi connectivity index (χ0v) is 19.3. The zero-order valence-electron chi connectivity index (χ0n) is 18.5. The van der Waals surface area contributed by atoms with Crippen LogP contribution in [0.4, 0.5) is 0 Å². The van der Waals surface area contributed by atoms with Gasteiger partial charge in [0.25, 0.3) is 0 Å². The van der Waals surface area contributed by atoms with E-state index in [-0.39, 0.29) is 18.2 Å². The summed E-state index contributed by atoms with van der Waals surface area (Å²) in [5, 5.41) is 20.7. The highest BCUT2D eigenvalue weighted by Crippen LogP contribution is 2.29. The summed E-state index contributed by atoms with van der Waals surface area (Å²) in [7, 11) is 1.61. The summed E-state index contributed by atoms with van der Waals surface area (Å²) in [6, 6.07) is 11.9. The third kappa shape index (κ3) is 5.15. The number of benzene rings is 1. The Bertz CT molecular complexity index is 1320. The first-order valence-electron chi connectivity index (χ1n) is 10.3. The lowest BCUT2D eigenvalue weighted by atomic mass is 10.0. The maximum atomic E-state index is 12.2. The number of ether oxygens (including phenoxy) is 1. The number of hydrogen-bond acceptors (Lipinski definition) is 9. The van der Waals surface area contributed by atoms with Gasteiger partial charge in [-0.05, 0) is 37.6 Å². The molecule has 1 N–H and O–H groups in total. The van der Waals surface area contributed by atoms with E-state index in [2.05, 4.69) is 37.6 Å². The van der Waals surface area contributed by atoms with Gasteiger partial charge in [-0.25, -0.2) is 4.98 Å². The minimum Gasteiger partial charge on any atom is -0.495 e. The fourth-order valence-electron chi connectivity index (χ4n) is 3.12. The summed E-state index contributed by atoms with van der Waals surface area (Å²) in [5.41, 5.74) is 1.80. The molecule has 0 spiro atoms. The highest BCUT2D eigenvalue weighted by atomic mass is 32.1. The van der Waals surface area contributed by atoms with Crippen LogP contribution in [0, 0.1) is 11.3 Å². The van der Waals surface area contributed by atoms with Crippen molar-refractivity contribution in [3.63, 3.8) is 0 Å². The van der Waals surface area contributed by atoms with E-state index in [0.717, 1.165) is 26.5 Å². The number of pyridine rings is 1. The van der Waals surface area contributed by atoms with Crippen molar-refractivity contribution in [3.8, 4) is 23.1 Å². The molecule has 1 atom stereocenters. The van der Waals surface area contributed by atoms with Crippen LogP contribution in [0.3, 0.4) is 0 Å². The molecule has 1 amide bonds. The number of nitrogens with zero attached hydrogens (tertiary/aromatic N) is 5. The highest BCUT2D eigenvalue weighted by molar-refractivity contribution is 7.18. The molecule has 1 unspecified atom stereocenters. The van der Waals surface area contributed by atoms with Crippen molar-refractivity contribution in [1.29, 1.82) is 5.26 Å². The molecule has 0 aliphatic rings. The second-order valence-electron chi connectivity index (χ2n) is 7.66. The molecule has 0 fully saturated rings. The second kappa shape index (κ2) is 9.34. The maximum absolute atomic E-state index is 12.2. The molecule has 33 heavy (non-hydrogen) atoms. The number of carbonyl (C=O) groups excluding carboxylic acids is 1. The Morgan fingerprint density at radius 3 is 2.79 bits per heavy atom. The zero-order chi connectivity index (χ0) is 23.4. The van der Waals surface area contributed by atoms with Gasteiger partial charge in [0, 0.05) is 5.56 Å². The van der Waals surface area contributed by atoms with E-state index in [1.54, 1.807) is 20.2 Å². The minimum atomic E-state index is -0.916. The number of hydrogen-bond donors (Lipinski definition) is 1. The van der Waals surface area contributed by atoms with Gasteiger partial charge in [0.15, 0.2) is 0 Å². The first-order chi connectivity index (χ1) is 15.9. The summed E-state index contributed by atoms with van der Waals surface area (Å²) < 4.78 is 11.8. The molecule has 0 saturated heterocycles. The fraction of sp³-hybridized carbons (Fsp3) is 0.304. The molecular weight excluding hydrogens is 440 g/mol. The number of rotatable bonds is 8. The Morgan fingerprint density at radius 1 is 1.27 bits per heavy atom. The van der Waals surface area contributed by atoms with Gasteiger partial charge < -0.3 is 14.5 Å². The normalized spacial score (nSPS) is 12.8. The van der Waals surface area contributed by atoms with E-state index < -0.39 is 5.54 Å². The van der Waals surface area contributed by atoms with Crippen LogP contribution in [0.1, 0.15) is 37.1 Å². The Labute approximate surface area is 194 Å². The number of thiazole rings is 1. The number of amides is 1. The molecule has 4 rings (SSSR count). The average molecular weight is 463 g/mol. The Kier molecular flexibility index (Phi) is 6.33. The van der Waals surface area contributed by atoms with Crippen molar-refractivity contribution in [2.24, 2.45) is 0 Å². The summed E-state index contributed by atoms with van der Waals surface area (Å²) in [6.07, 6.45) is 2.48. The molecule has 3 aromatic heterocycles. The number of nitrogens with one attached hydrogen (secondary N) is 1. The highest BCUT2D eigenvalue weighted by Gasteiger charge is 2.24. The second-order valence-corrected chi connectivity index (χ2v) is 8.78. The lowest BCUT2D eigenvalue weighted by molar-refractivity contribution is -0.122. The van der Waals surface area contributed by atoms with E-state index >= 15 is 0 Å². The monoisotopic (exact) mass is 462 g/mol. The first-order valence-corrected chi connectivity index (χ1v) is 11.2. The topological polar surface area (TPSA) is 127 Å². The predicted octanol–water partition coefficient (Wildman–Crippen LogP) is 3.69. The molecule has 1 aromatic carbocycles. The van der Waals surface area contributed by atoms with Crippen molar-refractivity contribution < 1.29 is 13.9 Å². The van der Waals surface area contributed by atoms with E-state index in [1.807, 2.05) is 31.2 Å². The molecule has 0 radical (unpaired) electrons. The lowest BCUT2D eigenvalue weighted by Crippen LogP contribution is -2.44. The van der Waals surface area contributed by atoms with Crippen LogP contribution >= 0.6 is 11.3 Å².